The second kappa shape index (κ2) is 5.62. The maximum atomic E-state index is 11.1. The fraction of sp³-hybridized carbons (Fsp3) is 0.600. The molecule has 0 spiro atoms. The summed E-state index contributed by atoms with van der Waals surface area (Å²) in [5.74, 6) is 5.20. The molecule has 1 heterocycles. The van der Waals surface area contributed by atoms with E-state index in [2.05, 4.69) is 23.9 Å². The van der Waals surface area contributed by atoms with Crippen LogP contribution in [0.2, 0.25) is 0 Å². The van der Waals surface area contributed by atoms with Gasteiger partial charge in [-0.3, -0.25) is 15.1 Å². The Hall–Kier alpha value is -1.40. The Morgan fingerprint density at radius 1 is 1.75 bits per heavy atom. The summed E-state index contributed by atoms with van der Waals surface area (Å²) in [4.78, 5) is 13.3. The van der Waals surface area contributed by atoms with Gasteiger partial charge in [0.1, 0.15) is 0 Å². The van der Waals surface area contributed by atoms with E-state index in [0.29, 0.717) is 18.3 Å². The Morgan fingerprint density at radius 2 is 2.44 bits per heavy atom. The molecule has 0 aliphatic heterocycles. The van der Waals surface area contributed by atoms with Crippen molar-refractivity contribution in [2.75, 3.05) is 7.05 Å². The van der Waals surface area contributed by atoms with Crippen molar-refractivity contribution in [2.24, 2.45) is 5.84 Å². The third-order valence-electron chi connectivity index (χ3n) is 2.67. The van der Waals surface area contributed by atoms with E-state index < -0.39 is 5.91 Å². The zero-order valence-corrected chi connectivity index (χ0v) is 9.86. The second-order valence-corrected chi connectivity index (χ2v) is 3.82. The molecule has 1 unspecified atom stereocenters. The van der Waals surface area contributed by atoms with Crippen molar-refractivity contribution < 1.29 is 9.32 Å². The lowest BCUT2D eigenvalue weighted by Gasteiger charge is -2.21. The topological polar surface area (TPSA) is 84.4 Å². The highest BCUT2D eigenvalue weighted by Crippen LogP contribution is 2.09. The van der Waals surface area contributed by atoms with Crippen molar-refractivity contribution >= 4 is 5.91 Å². The van der Waals surface area contributed by atoms with Gasteiger partial charge in [0.25, 0.3) is 5.91 Å². The number of nitrogen functional groups attached to an aromatic ring is 1. The molecule has 1 aromatic rings. The molecule has 0 fully saturated rings. The highest BCUT2D eigenvalue weighted by molar-refractivity contribution is 5.91. The molecular weight excluding hydrogens is 208 g/mol. The number of hydrazine groups is 1. The highest BCUT2D eigenvalue weighted by atomic mass is 16.5. The van der Waals surface area contributed by atoms with Crippen molar-refractivity contribution in [3.8, 4) is 0 Å². The number of aromatic nitrogens is 1. The van der Waals surface area contributed by atoms with Gasteiger partial charge in [0.05, 0.1) is 6.54 Å². The van der Waals surface area contributed by atoms with Gasteiger partial charge < -0.3 is 4.52 Å². The quantitative estimate of drug-likeness (QED) is 0.434. The average Bonchev–Trinajstić information content (AvgIpc) is 2.75. The standard InChI is InChI=1S/C10H18N4O2/c1-4-7(2)14(3)6-8-5-9(13-16-8)10(15)12-11/h5,7H,4,6,11H2,1-3H3,(H,12,15). The fourth-order valence-corrected chi connectivity index (χ4v) is 1.28. The van der Waals surface area contributed by atoms with Crippen LogP contribution < -0.4 is 11.3 Å². The third kappa shape index (κ3) is 3.04. The number of rotatable bonds is 5. The number of nitrogens with one attached hydrogen (secondary N) is 1. The molecule has 1 rings (SSSR count). The van der Waals surface area contributed by atoms with Crippen molar-refractivity contribution in [1.82, 2.24) is 15.5 Å². The Labute approximate surface area is 94.7 Å². The molecule has 6 nitrogen and oxygen atoms in total. The molecule has 0 bridgehead atoms. The van der Waals surface area contributed by atoms with Crippen molar-refractivity contribution in [2.45, 2.75) is 32.9 Å². The summed E-state index contributed by atoms with van der Waals surface area (Å²) < 4.78 is 5.04. The minimum absolute atomic E-state index is 0.204. The maximum Gasteiger partial charge on any atom is 0.287 e. The first-order chi connectivity index (χ1) is 7.58. The Balaban J connectivity index is 2.61. The van der Waals surface area contributed by atoms with Gasteiger partial charge in [-0.2, -0.15) is 0 Å². The molecule has 0 aliphatic rings. The van der Waals surface area contributed by atoms with Crippen LogP contribution in [0.15, 0.2) is 10.6 Å². The number of hydrogen-bond donors (Lipinski definition) is 2. The monoisotopic (exact) mass is 226 g/mol. The van der Waals surface area contributed by atoms with Gasteiger partial charge in [-0.25, -0.2) is 5.84 Å². The SMILES string of the molecule is CCC(C)N(C)Cc1cc(C(=O)NN)no1. The van der Waals surface area contributed by atoms with Gasteiger partial charge in [-0.1, -0.05) is 12.1 Å². The summed E-state index contributed by atoms with van der Waals surface area (Å²) in [6.07, 6.45) is 1.06. The van der Waals surface area contributed by atoms with E-state index in [1.165, 1.54) is 0 Å². The molecule has 6 heteroatoms. The molecule has 90 valence electrons. The first-order valence-corrected chi connectivity index (χ1v) is 5.25. The van der Waals surface area contributed by atoms with Crippen molar-refractivity contribution in [3.05, 3.63) is 17.5 Å². The molecule has 0 radical (unpaired) electrons. The van der Waals surface area contributed by atoms with Crippen molar-refractivity contribution in [1.29, 1.82) is 0 Å². The zero-order chi connectivity index (χ0) is 12.1. The van der Waals surface area contributed by atoms with E-state index >= 15 is 0 Å². The smallest absolute Gasteiger partial charge is 0.287 e. The summed E-state index contributed by atoms with van der Waals surface area (Å²) in [6, 6.07) is 2.05. The van der Waals surface area contributed by atoms with E-state index in [0.717, 1.165) is 6.42 Å². The molecule has 1 amide bonds. The number of nitrogens with zero attached hydrogens (tertiary/aromatic N) is 2. The van der Waals surface area contributed by atoms with Gasteiger partial charge in [0, 0.05) is 12.1 Å². The van der Waals surface area contributed by atoms with E-state index in [-0.39, 0.29) is 5.69 Å². The summed E-state index contributed by atoms with van der Waals surface area (Å²) in [5, 5.41) is 3.63. The van der Waals surface area contributed by atoms with E-state index in [4.69, 9.17) is 10.4 Å². The number of nitrogens with two attached hydrogens (primary N) is 1. The second-order valence-electron chi connectivity index (χ2n) is 3.82. The summed E-state index contributed by atoms with van der Waals surface area (Å²) in [6.45, 7) is 4.87. The minimum Gasteiger partial charge on any atom is -0.359 e. The van der Waals surface area contributed by atoms with Crippen molar-refractivity contribution in [3.63, 3.8) is 0 Å². The molecule has 3 N–H and O–H groups in total. The third-order valence-corrected chi connectivity index (χ3v) is 2.67. The van der Waals surface area contributed by atoms with Crippen LogP contribution >= 0.6 is 0 Å². The van der Waals surface area contributed by atoms with Crippen LogP contribution in [-0.2, 0) is 6.54 Å². The Kier molecular flexibility index (Phi) is 4.45. The van der Waals surface area contributed by atoms with Crippen LogP contribution in [0.5, 0.6) is 0 Å². The number of carbonyl (C=O) groups excluding carboxylic acids is 1. The minimum atomic E-state index is -0.443. The molecule has 16 heavy (non-hydrogen) atoms. The normalized spacial score (nSPS) is 12.8. The van der Waals surface area contributed by atoms with E-state index in [1.807, 2.05) is 12.5 Å². The molecule has 0 aliphatic carbocycles. The molecular formula is C10H18N4O2. The van der Waals surface area contributed by atoms with Crippen LogP contribution in [0.1, 0.15) is 36.5 Å². The number of carbonyl (C=O) groups is 1. The lowest BCUT2D eigenvalue weighted by Crippen LogP contribution is -2.30. The summed E-state index contributed by atoms with van der Waals surface area (Å²) >= 11 is 0. The lowest BCUT2D eigenvalue weighted by molar-refractivity contribution is 0.0944. The van der Waals surface area contributed by atoms with E-state index in [9.17, 15) is 4.79 Å². The molecule has 0 saturated heterocycles. The van der Waals surface area contributed by atoms with Gasteiger partial charge in [-0.05, 0) is 20.4 Å². The molecule has 0 saturated carbocycles. The number of amides is 1. The number of hydrogen-bond acceptors (Lipinski definition) is 5. The van der Waals surface area contributed by atoms with Crippen LogP contribution in [0.25, 0.3) is 0 Å². The largest absolute Gasteiger partial charge is 0.359 e. The Bertz CT molecular complexity index is 350. The molecule has 1 aromatic heterocycles. The zero-order valence-electron chi connectivity index (χ0n) is 9.86. The Morgan fingerprint density at radius 3 is 3.00 bits per heavy atom. The maximum absolute atomic E-state index is 11.1. The molecule has 1 atom stereocenters. The average molecular weight is 226 g/mol. The fourth-order valence-electron chi connectivity index (χ4n) is 1.28. The van der Waals surface area contributed by atoms with E-state index in [1.54, 1.807) is 6.07 Å². The van der Waals surface area contributed by atoms with Gasteiger partial charge >= 0.3 is 0 Å². The summed E-state index contributed by atoms with van der Waals surface area (Å²) in [5.41, 5.74) is 2.21. The first-order valence-electron chi connectivity index (χ1n) is 5.25. The highest BCUT2D eigenvalue weighted by Gasteiger charge is 2.14. The van der Waals surface area contributed by atoms with Gasteiger partial charge in [0.15, 0.2) is 11.5 Å². The lowest BCUT2D eigenvalue weighted by atomic mass is 10.2. The van der Waals surface area contributed by atoms with Crippen LogP contribution in [0.4, 0.5) is 0 Å². The van der Waals surface area contributed by atoms with Crippen LogP contribution in [0.3, 0.4) is 0 Å². The predicted molar refractivity (Wildman–Crippen MR) is 59.4 cm³/mol. The molecule has 0 aromatic carbocycles. The van der Waals surface area contributed by atoms with Gasteiger partial charge in [-0.15, -0.1) is 0 Å². The van der Waals surface area contributed by atoms with Crippen LogP contribution in [-0.4, -0.2) is 29.1 Å². The van der Waals surface area contributed by atoms with Crippen LogP contribution in [0, 0.1) is 0 Å². The van der Waals surface area contributed by atoms with Gasteiger partial charge in [0.2, 0.25) is 0 Å². The first kappa shape index (κ1) is 12.7. The predicted octanol–water partition coefficient (Wildman–Crippen LogP) is 0.508. The summed E-state index contributed by atoms with van der Waals surface area (Å²) in [7, 11) is 2.00.